The van der Waals surface area contributed by atoms with Crippen LogP contribution in [0.1, 0.15) is 33.8 Å². The number of aromatic nitrogens is 2. The van der Waals surface area contributed by atoms with Crippen molar-refractivity contribution in [2.75, 3.05) is 0 Å². The number of rotatable bonds is 1. The molecule has 0 radical (unpaired) electrons. The number of hydrogen-bond donors (Lipinski definition) is 0. The highest BCUT2D eigenvalue weighted by molar-refractivity contribution is 5.71. The van der Waals surface area contributed by atoms with Gasteiger partial charge in [0.2, 0.25) is 0 Å². The second-order valence-electron chi connectivity index (χ2n) is 4.93. The molecule has 2 rings (SSSR count). The highest BCUT2D eigenvalue weighted by atomic mass is 14.9. The third-order valence-electron chi connectivity index (χ3n) is 3.57. The van der Waals surface area contributed by atoms with E-state index in [0.29, 0.717) is 11.5 Å². The van der Waals surface area contributed by atoms with Gasteiger partial charge in [-0.1, -0.05) is 6.07 Å². The van der Waals surface area contributed by atoms with E-state index in [4.69, 9.17) is 5.26 Å². The molecule has 0 bridgehead atoms. The summed E-state index contributed by atoms with van der Waals surface area (Å²) in [4.78, 5) is 8.60. The van der Waals surface area contributed by atoms with E-state index in [2.05, 4.69) is 49.8 Å². The number of benzene rings is 1. The van der Waals surface area contributed by atoms with Gasteiger partial charge in [0, 0.05) is 11.6 Å². The van der Waals surface area contributed by atoms with E-state index in [1.165, 1.54) is 22.3 Å². The molecule has 0 aliphatic heterocycles. The zero-order valence-corrected chi connectivity index (χ0v) is 12.0. The van der Waals surface area contributed by atoms with Crippen LogP contribution in [0.15, 0.2) is 12.1 Å². The van der Waals surface area contributed by atoms with E-state index in [-0.39, 0.29) is 0 Å². The van der Waals surface area contributed by atoms with Gasteiger partial charge >= 0.3 is 0 Å². The lowest BCUT2D eigenvalue weighted by Crippen LogP contribution is -2.00. The second kappa shape index (κ2) is 4.81. The quantitative estimate of drug-likeness (QED) is 0.778. The zero-order valence-electron chi connectivity index (χ0n) is 12.0. The summed E-state index contributed by atoms with van der Waals surface area (Å²) in [6.45, 7) is 10.2. The second-order valence-corrected chi connectivity index (χ2v) is 4.93. The molecule has 0 saturated carbocycles. The van der Waals surface area contributed by atoms with Crippen molar-refractivity contribution in [2.24, 2.45) is 0 Å². The summed E-state index contributed by atoms with van der Waals surface area (Å²) in [5.74, 6) is 0.631. The highest BCUT2D eigenvalue weighted by Crippen LogP contribution is 2.30. The molecule has 2 aromatic rings. The van der Waals surface area contributed by atoms with Gasteiger partial charge in [0.1, 0.15) is 17.6 Å². The Morgan fingerprint density at radius 3 is 2.00 bits per heavy atom. The summed E-state index contributed by atoms with van der Waals surface area (Å²) in [5, 5.41) is 9.04. The molecular weight excluding hydrogens is 234 g/mol. The molecule has 0 aliphatic rings. The van der Waals surface area contributed by atoms with Crippen LogP contribution in [0.25, 0.3) is 11.3 Å². The molecule has 0 spiro atoms. The Morgan fingerprint density at radius 1 is 0.895 bits per heavy atom. The molecule has 1 aromatic heterocycles. The fraction of sp³-hybridized carbons (Fsp3) is 0.312. The van der Waals surface area contributed by atoms with Crippen molar-refractivity contribution in [3.63, 3.8) is 0 Å². The predicted octanol–water partition coefficient (Wildman–Crippen LogP) is 3.56. The molecular formula is C16H17N3. The van der Waals surface area contributed by atoms with Crippen LogP contribution in [-0.4, -0.2) is 9.97 Å². The Balaban J connectivity index is 2.79. The maximum atomic E-state index is 9.04. The minimum Gasteiger partial charge on any atom is -0.233 e. The van der Waals surface area contributed by atoms with Gasteiger partial charge in [-0.05, 0) is 56.9 Å². The molecule has 19 heavy (non-hydrogen) atoms. The van der Waals surface area contributed by atoms with Crippen molar-refractivity contribution in [1.29, 1.82) is 5.26 Å². The number of aryl methyl sites for hydroxylation is 3. The third kappa shape index (κ3) is 2.34. The molecule has 0 atom stereocenters. The van der Waals surface area contributed by atoms with Crippen LogP contribution in [0.2, 0.25) is 0 Å². The van der Waals surface area contributed by atoms with Gasteiger partial charge in [-0.15, -0.1) is 0 Å². The van der Waals surface area contributed by atoms with E-state index >= 15 is 0 Å². The number of hydrogen-bond acceptors (Lipinski definition) is 3. The Kier molecular flexibility index (Phi) is 3.35. The smallest absolute Gasteiger partial charge is 0.144 e. The maximum Gasteiger partial charge on any atom is 0.144 e. The normalized spacial score (nSPS) is 10.3. The average molecular weight is 251 g/mol. The molecule has 0 amide bonds. The maximum absolute atomic E-state index is 9.04. The average Bonchev–Trinajstić information content (AvgIpc) is 2.36. The molecule has 3 heteroatoms. The van der Waals surface area contributed by atoms with Crippen LogP contribution in [0.4, 0.5) is 0 Å². The van der Waals surface area contributed by atoms with Crippen molar-refractivity contribution < 1.29 is 0 Å². The van der Waals surface area contributed by atoms with E-state index in [1.807, 2.05) is 6.92 Å². The lowest BCUT2D eigenvalue weighted by molar-refractivity contribution is 1.03. The van der Waals surface area contributed by atoms with Crippen LogP contribution in [0.3, 0.4) is 0 Å². The molecule has 0 saturated heterocycles. The molecule has 1 heterocycles. The molecule has 1 aromatic carbocycles. The van der Waals surface area contributed by atoms with Gasteiger partial charge in [-0.2, -0.15) is 5.26 Å². The fourth-order valence-electron chi connectivity index (χ4n) is 2.35. The fourth-order valence-corrected chi connectivity index (χ4v) is 2.35. The van der Waals surface area contributed by atoms with Crippen molar-refractivity contribution in [3.8, 4) is 17.3 Å². The zero-order chi connectivity index (χ0) is 14.2. The summed E-state index contributed by atoms with van der Waals surface area (Å²) in [5.41, 5.74) is 7.29. The summed E-state index contributed by atoms with van der Waals surface area (Å²) in [6, 6.07) is 6.05. The SMILES string of the molecule is Cc1nc(C#N)cc(-c2c(C)c(C)cc(C)c2C)n1. The Labute approximate surface area is 114 Å². The van der Waals surface area contributed by atoms with Crippen LogP contribution in [0, 0.1) is 45.9 Å². The molecule has 0 unspecified atom stereocenters. The van der Waals surface area contributed by atoms with E-state index in [1.54, 1.807) is 6.07 Å². The highest BCUT2D eigenvalue weighted by Gasteiger charge is 2.13. The van der Waals surface area contributed by atoms with E-state index in [9.17, 15) is 0 Å². The Morgan fingerprint density at radius 2 is 1.47 bits per heavy atom. The lowest BCUT2D eigenvalue weighted by Gasteiger charge is -2.15. The van der Waals surface area contributed by atoms with Crippen LogP contribution < -0.4 is 0 Å². The van der Waals surface area contributed by atoms with Gasteiger partial charge < -0.3 is 0 Å². The van der Waals surface area contributed by atoms with Crippen molar-refractivity contribution in [1.82, 2.24) is 9.97 Å². The minimum absolute atomic E-state index is 0.417. The van der Waals surface area contributed by atoms with Gasteiger partial charge in [-0.25, -0.2) is 9.97 Å². The number of nitrogens with zero attached hydrogens (tertiary/aromatic N) is 3. The molecule has 0 N–H and O–H groups in total. The number of nitriles is 1. The van der Waals surface area contributed by atoms with Gasteiger partial charge in [0.15, 0.2) is 0 Å². The molecule has 96 valence electrons. The Hall–Kier alpha value is -2.21. The van der Waals surface area contributed by atoms with Crippen LogP contribution in [0.5, 0.6) is 0 Å². The van der Waals surface area contributed by atoms with Crippen LogP contribution >= 0.6 is 0 Å². The molecule has 3 nitrogen and oxygen atoms in total. The first-order chi connectivity index (χ1) is 8.93. The lowest BCUT2D eigenvalue weighted by atomic mass is 9.92. The monoisotopic (exact) mass is 251 g/mol. The summed E-state index contributed by atoms with van der Waals surface area (Å²) in [6.07, 6.45) is 0. The van der Waals surface area contributed by atoms with E-state index in [0.717, 1.165) is 11.3 Å². The van der Waals surface area contributed by atoms with Crippen molar-refractivity contribution in [2.45, 2.75) is 34.6 Å². The minimum atomic E-state index is 0.417. The topological polar surface area (TPSA) is 49.6 Å². The first-order valence-electron chi connectivity index (χ1n) is 6.27. The summed E-state index contributed by atoms with van der Waals surface area (Å²) < 4.78 is 0. The van der Waals surface area contributed by atoms with Gasteiger partial charge in [0.25, 0.3) is 0 Å². The van der Waals surface area contributed by atoms with Gasteiger partial charge in [-0.3, -0.25) is 0 Å². The van der Waals surface area contributed by atoms with Gasteiger partial charge in [0.05, 0.1) is 5.69 Å². The van der Waals surface area contributed by atoms with Crippen LogP contribution in [-0.2, 0) is 0 Å². The third-order valence-corrected chi connectivity index (χ3v) is 3.57. The molecule has 0 fully saturated rings. The van der Waals surface area contributed by atoms with Crippen molar-refractivity contribution >= 4 is 0 Å². The van der Waals surface area contributed by atoms with Crippen molar-refractivity contribution in [3.05, 3.63) is 45.9 Å². The summed E-state index contributed by atoms with van der Waals surface area (Å²) in [7, 11) is 0. The Bertz CT molecular complexity index is 668. The first-order valence-corrected chi connectivity index (χ1v) is 6.27. The largest absolute Gasteiger partial charge is 0.233 e. The molecule has 0 aliphatic carbocycles. The summed E-state index contributed by atoms with van der Waals surface area (Å²) >= 11 is 0. The van der Waals surface area contributed by atoms with E-state index < -0.39 is 0 Å². The standard InChI is InChI=1S/C16H17N3/c1-9-6-10(2)12(4)16(11(9)3)15-7-14(8-17)18-13(5)19-15/h6-7H,1-5H3. The predicted molar refractivity (Wildman–Crippen MR) is 75.9 cm³/mol. The first kappa shape index (κ1) is 13.2.